The van der Waals surface area contributed by atoms with Crippen molar-refractivity contribution in [2.24, 2.45) is 23.7 Å². The number of fused-ring (bicyclic) bond motifs is 6. The molecule has 4 atom stereocenters. The Kier molecular flexibility index (Phi) is 3.61. The number of nitrogens with zero attached hydrogens (tertiary/aromatic N) is 3. The van der Waals surface area contributed by atoms with Gasteiger partial charge in [-0.25, -0.2) is 4.90 Å². The molecule has 1 aliphatic heterocycles. The van der Waals surface area contributed by atoms with Crippen molar-refractivity contribution in [2.45, 2.75) is 26.8 Å². The topological polar surface area (TPSA) is 55.2 Å². The van der Waals surface area contributed by atoms with Crippen LogP contribution in [0.25, 0.3) is 10.8 Å². The van der Waals surface area contributed by atoms with E-state index in [1.807, 2.05) is 30.7 Å². The zero-order valence-corrected chi connectivity index (χ0v) is 17.1. The number of imide groups is 1. The van der Waals surface area contributed by atoms with Crippen LogP contribution in [0.3, 0.4) is 0 Å². The van der Waals surface area contributed by atoms with Crippen LogP contribution in [-0.2, 0) is 16.1 Å². The summed E-state index contributed by atoms with van der Waals surface area (Å²) in [5.74, 6) is -0.0310. The molecular formula is C25H23N3O2. The SMILES string of the molecule is Cc1nn(Cc2cccc3ccccc23)c(C)c1N1C(=O)[C@H]2[C@H](C1=O)[C@H]1C=C[C@H]2C1. The van der Waals surface area contributed by atoms with Crippen LogP contribution in [-0.4, -0.2) is 21.6 Å². The van der Waals surface area contributed by atoms with Crippen LogP contribution >= 0.6 is 0 Å². The van der Waals surface area contributed by atoms with Gasteiger partial charge in [-0.05, 0) is 48.4 Å². The van der Waals surface area contributed by atoms with E-state index in [4.69, 9.17) is 5.10 Å². The van der Waals surface area contributed by atoms with Crippen molar-refractivity contribution in [2.75, 3.05) is 4.90 Å². The van der Waals surface area contributed by atoms with E-state index in [0.717, 1.165) is 17.8 Å². The monoisotopic (exact) mass is 397 g/mol. The maximum absolute atomic E-state index is 13.3. The summed E-state index contributed by atoms with van der Waals surface area (Å²) in [6.07, 6.45) is 5.20. The molecule has 2 heterocycles. The van der Waals surface area contributed by atoms with Crippen LogP contribution in [0.1, 0.15) is 23.4 Å². The fourth-order valence-corrected chi connectivity index (χ4v) is 5.88. The van der Waals surface area contributed by atoms with Crippen molar-refractivity contribution in [1.29, 1.82) is 0 Å². The van der Waals surface area contributed by atoms with E-state index < -0.39 is 0 Å². The Hall–Kier alpha value is -3.21. The number of aryl methyl sites for hydroxylation is 1. The molecule has 150 valence electrons. The fourth-order valence-electron chi connectivity index (χ4n) is 5.88. The van der Waals surface area contributed by atoms with Crippen LogP contribution in [0, 0.1) is 37.5 Å². The van der Waals surface area contributed by atoms with Gasteiger partial charge in [0, 0.05) is 0 Å². The van der Waals surface area contributed by atoms with E-state index in [-0.39, 0.29) is 35.5 Å². The minimum absolute atomic E-state index is 0.0437. The first kappa shape index (κ1) is 17.6. The van der Waals surface area contributed by atoms with Gasteiger partial charge in [0.15, 0.2) is 0 Å². The maximum atomic E-state index is 13.3. The molecule has 2 aromatic carbocycles. The molecule has 2 fully saturated rings. The first-order valence-corrected chi connectivity index (χ1v) is 10.6. The fraction of sp³-hybridized carbons (Fsp3) is 0.320. The van der Waals surface area contributed by atoms with Gasteiger partial charge in [0.1, 0.15) is 0 Å². The maximum Gasteiger partial charge on any atom is 0.238 e. The molecular weight excluding hydrogens is 374 g/mol. The summed E-state index contributed by atoms with van der Waals surface area (Å²) in [7, 11) is 0. The highest BCUT2D eigenvalue weighted by atomic mass is 16.2. The highest BCUT2D eigenvalue weighted by Gasteiger charge is 2.60. The van der Waals surface area contributed by atoms with Gasteiger partial charge in [-0.2, -0.15) is 5.10 Å². The van der Waals surface area contributed by atoms with Crippen molar-refractivity contribution in [3.63, 3.8) is 0 Å². The number of aromatic nitrogens is 2. The second-order valence-corrected chi connectivity index (χ2v) is 8.83. The first-order chi connectivity index (χ1) is 14.5. The van der Waals surface area contributed by atoms with E-state index in [9.17, 15) is 9.59 Å². The molecule has 0 spiro atoms. The highest BCUT2D eigenvalue weighted by Crippen LogP contribution is 2.53. The molecule has 2 amide bonds. The Bertz CT molecular complexity index is 1220. The largest absolute Gasteiger partial charge is 0.274 e. The minimum Gasteiger partial charge on any atom is -0.274 e. The average molecular weight is 397 g/mol. The standard InChI is InChI=1S/C25H23N3O2/c1-14-23(28-24(29)21-17-10-11-18(12-17)22(21)25(28)30)15(2)27(26-14)13-19-8-5-7-16-6-3-4-9-20(16)19/h3-11,17-18,21-22H,12-13H2,1-2H3/t17-,18-,21+,22+/m0/s1. The summed E-state index contributed by atoms with van der Waals surface area (Å²) in [5.41, 5.74) is 3.44. The van der Waals surface area contributed by atoms with Gasteiger partial charge in [0.25, 0.3) is 0 Å². The number of hydrogen-bond donors (Lipinski definition) is 0. The Balaban J connectivity index is 1.39. The summed E-state index contributed by atoms with van der Waals surface area (Å²) in [6.45, 7) is 4.45. The summed E-state index contributed by atoms with van der Waals surface area (Å²) in [6, 6.07) is 14.6. The number of allylic oxidation sites excluding steroid dienone is 2. The lowest BCUT2D eigenvalue weighted by molar-refractivity contribution is -0.123. The number of amides is 2. The smallest absolute Gasteiger partial charge is 0.238 e. The summed E-state index contributed by atoms with van der Waals surface area (Å²) >= 11 is 0. The van der Waals surface area contributed by atoms with E-state index in [2.05, 4.69) is 42.5 Å². The molecule has 30 heavy (non-hydrogen) atoms. The highest BCUT2D eigenvalue weighted by molar-refractivity contribution is 6.23. The molecule has 1 saturated carbocycles. The van der Waals surface area contributed by atoms with Gasteiger partial charge in [-0.3, -0.25) is 14.3 Å². The van der Waals surface area contributed by atoms with E-state index >= 15 is 0 Å². The third-order valence-electron chi connectivity index (χ3n) is 7.24. The Morgan fingerprint density at radius 1 is 0.933 bits per heavy atom. The number of rotatable bonds is 3. The average Bonchev–Trinajstić information content (AvgIpc) is 3.48. The molecule has 2 bridgehead atoms. The first-order valence-electron chi connectivity index (χ1n) is 10.6. The van der Waals surface area contributed by atoms with Crippen molar-refractivity contribution >= 4 is 28.3 Å². The number of benzene rings is 2. The lowest BCUT2D eigenvalue weighted by atomic mass is 9.85. The van der Waals surface area contributed by atoms with Crippen molar-refractivity contribution < 1.29 is 9.59 Å². The number of carbonyl (C=O) groups excluding carboxylic acids is 2. The molecule has 0 unspecified atom stereocenters. The Morgan fingerprint density at radius 3 is 2.33 bits per heavy atom. The molecule has 5 nitrogen and oxygen atoms in total. The summed E-state index contributed by atoms with van der Waals surface area (Å²) in [4.78, 5) is 28.0. The predicted octanol–water partition coefficient (Wildman–Crippen LogP) is 4.01. The van der Waals surface area contributed by atoms with Gasteiger partial charge in [-0.1, -0.05) is 54.6 Å². The van der Waals surface area contributed by atoms with Crippen molar-refractivity contribution in [3.8, 4) is 0 Å². The molecule has 6 rings (SSSR count). The zero-order chi connectivity index (χ0) is 20.6. The second kappa shape index (κ2) is 6.14. The Morgan fingerprint density at radius 2 is 1.60 bits per heavy atom. The Labute approximate surface area is 175 Å². The lowest BCUT2D eigenvalue weighted by Gasteiger charge is -2.18. The normalized spacial score (nSPS) is 26.9. The summed E-state index contributed by atoms with van der Waals surface area (Å²) in [5, 5.41) is 7.11. The third kappa shape index (κ3) is 2.26. The predicted molar refractivity (Wildman–Crippen MR) is 115 cm³/mol. The molecule has 0 N–H and O–H groups in total. The summed E-state index contributed by atoms with van der Waals surface area (Å²) < 4.78 is 1.92. The number of carbonyl (C=O) groups is 2. The minimum atomic E-state index is -0.187. The van der Waals surface area contributed by atoms with E-state index in [1.54, 1.807) is 0 Å². The van der Waals surface area contributed by atoms with Gasteiger partial charge < -0.3 is 0 Å². The zero-order valence-electron chi connectivity index (χ0n) is 17.1. The molecule has 3 aliphatic rings. The molecule has 1 aromatic heterocycles. The van der Waals surface area contributed by atoms with Gasteiger partial charge >= 0.3 is 0 Å². The number of anilines is 1. The second-order valence-electron chi connectivity index (χ2n) is 8.83. The molecule has 0 radical (unpaired) electrons. The van der Waals surface area contributed by atoms with Crippen LogP contribution in [0.4, 0.5) is 5.69 Å². The number of hydrogen-bond acceptors (Lipinski definition) is 3. The van der Waals surface area contributed by atoms with Crippen LogP contribution < -0.4 is 4.90 Å². The van der Waals surface area contributed by atoms with E-state index in [0.29, 0.717) is 12.2 Å². The van der Waals surface area contributed by atoms with E-state index in [1.165, 1.54) is 21.2 Å². The lowest BCUT2D eigenvalue weighted by Crippen LogP contribution is -2.33. The van der Waals surface area contributed by atoms with Crippen molar-refractivity contribution in [1.82, 2.24) is 9.78 Å². The molecule has 1 saturated heterocycles. The van der Waals surface area contributed by atoms with Gasteiger partial charge in [0.05, 0.1) is 35.5 Å². The molecule has 2 aliphatic carbocycles. The van der Waals surface area contributed by atoms with Gasteiger partial charge in [-0.15, -0.1) is 0 Å². The van der Waals surface area contributed by atoms with Crippen LogP contribution in [0.2, 0.25) is 0 Å². The van der Waals surface area contributed by atoms with Crippen LogP contribution in [0.15, 0.2) is 54.6 Å². The molecule has 5 heteroatoms. The third-order valence-corrected chi connectivity index (χ3v) is 7.24. The van der Waals surface area contributed by atoms with Crippen molar-refractivity contribution in [3.05, 3.63) is 71.6 Å². The van der Waals surface area contributed by atoms with Gasteiger partial charge in [0.2, 0.25) is 11.8 Å². The van der Waals surface area contributed by atoms with Crippen LogP contribution in [0.5, 0.6) is 0 Å². The quantitative estimate of drug-likeness (QED) is 0.496. The molecule has 3 aromatic rings.